The first-order valence-corrected chi connectivity index (χ1v) is 11.8. The van der Waals surface area contributed by atoms with Crippen molar-refractivity contribution in [3.8, 4) is 0 Å². The predicted molar refractivity (Wildman–Crippen MR) is 120 cm³/mol. The number of rotatable bonds is 4. The van der Waals surface area contributed by atoms with Crippen LogP contribution in [0.2, 0.25) is 0 Å². The van der Waals surface area contributed by atoms with E-state index in [4.69, 9.17) is 14.2 Å². The Morgan fingerprint density at radius 2 is 1.65 bits per heavy atom. The van der Waals surface area contributed by atoms with Gasteiger partial charge in [0, 0.05) is 32.3 Å². The zero-order valence-corrected chi connectivity index (χ0v) is 20.8. The molecule has 4 aliphatic rings. The highest BCUT2D eigenvalue weighted by atomic mass is 16.6. The van der Waals surface area contributed by atoms with Gasteiger partial charge in [-0.1, -0.05) is 32.9 Å². The largest absolute Gasteiger partial charge is 0.461 e. The molecule has 8 atom stereocenters. The number of carbonyl (C=O) groups excluding carboxylic acids is 4. The molecule has 0 saturated heterocycles. The third-order valence-electron chi connectivity index (χ3n) is 8.69. The maximum atomic E-state index is 14.4. The lowest BCUT2D eigenvalue weighted by atomic mass is 9.59. The fourth-order valence-corrected chi connectivity index (χ4v) is 7.24. The highest BCUT2D eigenvalue weighted by molar-refractivity contribution is 5.95. The molecule has 1 spiro atoms. The van der Waals surface area contributed by atoms with E-state index in [1.54, 1.807) is 19.1 Å². The van der Waals surface area contributed by atoms with Crippen LogP contribution < -0.4 is 0 Å². The van der Waals surface area contributed by atoms with Crippen molar-refractivity contribution in [3.63, 3.8) is 0 Å². The topological polar surface area (TPSA) is 116 Å². The van der Waals surface area contributed by atoms with Crippen molar-refractivity contribution >= 4 is 23.7 Å². The standard InChI is InChI=1S/C26H34O8/c1-12-10-25-13(2)8-19-20(24(19,6)7)18(21(25)30)9-17(11-32-14(3)27)23(34-16(5)29)26(25,31)22(12)33-15(4)28/h9-10,13,18-20,22-23,31H,8,11H2,1-7H3/t13-,18-,19-,20+,22+,23-,25+,26-/m1/s1. The number of hydrogen-bond acceptors (Lipinski definition) is 8. The van der Waals surface area contributed by atoms with Crippen LogP contribution in [0.1, 0.15) is 54.9 Å². The van der Waals surface area contributed by atoms with Gasteiger partial charge in [0.25, 0.3) is 0 Å². The average molecular weight is 475 g/mol. The Hall–Kier alpha value is -2.48. The number of ketones is 1. The molecule has 34 heavy (non-hydrogen) atoms. The van der Waals surface area contributed by atoms with Gasteiger partial charge in [-0.3, -0.25) is 19.2 Å². The van der Waals surface area contributed by atoms with Gasteiger partial charge in [-0.05, 0) is 42.1 Å². The fraction of sp³-hybridized carbons (Fsp3) is 0.692. The van der Waals surface area contributed by atoms with Crippen LogP contribution in [0.25, 0.3) is 0 Å². The Bertz CT molecular complexity index is 1020. The van der Waals surface area contributed by atoms with E-state index >= 15 is 0 Å². The van der Waals surface area contributed by atoms with Gasteiger partial charge in [0.2, 0.25) is 0 Å². The van der Waals surface area contributed by atoms with E-state index < -0.39 is 47.0 Å². The van der Waals surface area contributed by atoms with Gasteiger partial charge in [0.1, 0.15) is 6.61 Å². The van der Waals surface area contributed by atoms with Gasteiger partial charge in [-0.25, -0.2) is 0 Å². The molecule has 8 heteroatoms. The van der Waals surface area contributed by atoms with E-state index in [9.17, 15) is 24.3 Å². The summed E-state index contributed by atoms with van der Waals surface area (Å²) in [6, 6.07) is 0. The third kappa shape index (κ3) is 3.21. The smallest absolute Gasteiger partial charge is 0.303 e. The van der Waals surface area contributed by atoms with Gasteiger partial charge in [0.05, 0.1) is 5.41 Å². The van der Waals surface area contributed by atoms with Crippen LogP contribution in [0.5, 0.6) is 0 Å². The molecule has 0 aromatic heterocycles. The van der Waals surface area contributed by atoms with Crippen LogP contribution in [-0.2, 0) is 33.4 Å². The van der Waals surface area contributed by atoms with Crippen LogP contribution in [0.15, 0.2) is 23.3 Å². The number of fused-ring (bicyclic) bond motifs is 3. The number of carbonyl (C=O) groups is 4. The third-order valence-corrected chi connectivity index (χ3v) is 8.69. The summed E-state index contributed by atoms with van der Waals surface area (Å²) in [4.78, 5) is 50.5. The van der Waals surface area contributed by atoms with Crippen molar-refractivity contribution in [2.75, 3.05) is 6.61 Å². The molecule has 1 N–H and O–H groups in total. The Morgan fingerprint density at radius 1 is 1.06 bits per heavy atom. The van der Waals surface area contributed by atoms with E-state index in [-0.39, 0.29) is 35.6 Å². The number of aliphatic hydroxyl groups is 1. The van der Waals surface area contributed by atoms with Crippen molar-refractivity contribution in [2.24, 2.45) is 34.5 Å². The molecule has 0 aromatic carbocycles. The summed E-state index contributed by atoms with van der Waals surface area (Å²) in [5.41, 5.74) is -2.76. The molecular weight excluding hydrogens is 440 g/mol. The number of ether oxygens (including phenoxy) is 3. The zero-order valence-electron chi connectivity index (χ0n) is 20.8. The van der Waals surface area contributed by atoms with Crippen molar-refractivity contribution < 1.29 is 38.5 Å². The van der Waals surface area contributed by atoms with Crippen LogP contribution in [0.3, 0.4) is 0 Å². The van der Waals surface area contributed by atoms with E-state index in [2.05, 4.69) is 13.8 Å². The van der Waals surface area contributed by atoms with Crippen LogP contribution >= 0.6 is 0 Å². The average Bonchev–Trinajstić information content (AvgIpc) is 3.20. The minimum absolute atomic E-state index is 0.0379. The molecule has 0 radical (unpaired) electrons. The van der Waals surface area contributed by atoms with Gasteiger partial charge in [-0.15, -0.1) is 0 Å². The highest BCUT2D eigenvalue weighted by Crippen LogP contribution is 2.71. The monoisotopic (exact) mass is 474 g/mol. The lowest BCUT2D eigenvalue weighted by molar-refractivity contribution is -0.211. The molecule has 2 bridgehead atoms. The van der Waals surface area contributed by atoms with E-state index in [1.807, 2.05) is 6.92 Å². The van der Waals surface area contributed by atoms with Crippen molar-refractivity contribution in [1.82, 2.24) is 0 Å². The Morgan fingerprint density at radius 3 is 2.21 bits per heavy atom. The van der Waals surface area contributed by atoms with Gasteiger partial charge in [0.15, 0.2) is 23.6 Å². The first-order chi connectivity index (χ1) is 15.7. The number of hydrogen-bond donors (Lipinski definition) is 1. The van der Waals surface area contributed by atoms with Crippen LogP contribution in [-0.4, -0.2) is 53.2 Å². The maximum Gasteiger partial charge on any atom is 0.303 e. The molecule has 0 aliphatic heterocycles. The number of Topliss-reactive ketones (excluding diaryl/α,β-unsaturated/α-hetero) is 1. The molecule has 0 unspecified atom stereocenters. The first kappa shape index (κ1) is 24.6. The van der Waals surface area contributed by atoms with Gasteiger partial charge in [-0.2, -0.15) is 0 Å². The minimum Gasteiger partial charge on any atom is -0.461 e. The SMILES string of the molecule is CC(=O)OCC1=C[C@H]2C(=O)[C@]3(C=C(C)[C@H](OC(C)=O)[C@@]3(O)[C@@H]1OC(C)=O)[C@H](C)C[C@@H]1[C@H]2C1(C)C. The molecule has 0 aromatic rings. The molecule has 8 nitrogen and oxygen atoms in total. The number of esters is 3. The highest BCUT2D eigenvalue weighted by Gasteiger charge is 2.77. The summed E-state index contributed by atoms with van der Waals surface area (Å²) < 4.78 is 16.6. The summed E-state index contributed by atoms with van der Waals surface area (Å²) in [6.45, 7) is 11.4. The Balaban J connectivity index is 1.99. The first-order valence-electron chi connectivity index (χ1n) is 11.8. The zero-order chi connectivity index (χ0) is 25.4. The second-order valence-electron chi connectivity index (χ2n) is 11.1. The van der Waals surface area contributed by atoms with Crippen LogP contribution in [0.4, 0.5) is 0 Å². The van der Waals surface area contributed by atoms with E-state index in [1.165, 1.54) is 20.8 Å². The maximum absolute atomic E-state index is 14.4. The number of allylic oxidation sites excluding steroid dienone is 1. The predicted octanol–water partition coefficient (Wildman–Crippen LogP) is 2.53. The summed E-state index contributed by atoms with van der Waals surface area (Å²) in [5.74, 6) is -2.61. The lowest BCUT2D eigenvalue weighted by Gasteiger charge is -2.49. The normalized spacial score (nSPS) is 41.6. The summed E-state index contributed by atoms with van der Waals surface area (Å²) in [5, 5.41) is 12.6. The van der Waals surface area contributed by atoms with Gasteiger partial charge >= 0.3 is 17.9 Å². The fourth-order valence-electron chi connectivity index (χ4n) is 7.24. The molecular formula is C26H34O8. The summed E-state index contributed by atoms with van der Waals surface area (Å²) >= 11 is 0. The molecule has 0 heterocycles. The molecule has 0 amide bonds. The second kappa shape index (κ2) is 7.77. The van der Waals surface area contributed by atoms with Gasteiger partial charge < -0.3 is 19.3 Å². The van der Waals surface area contributed by atoms with Crippen molar-refractivity contribution in [3.05, 3.63) is 23.3 Å². The lowest BCUT2D eigenvalue weighted by Crippen LogP contribution is -2.66. The van der Waals surface area contributed by atoms with E-state index in [0.717, 1.165) is 0 Å². The summed E-state index contributed by atoms with van der Waals surface area (Å²) in [6.07, 6.45) is 1.60. The van der Waals surface area contributed by atoms with Crippen LogP contribution in [0, 0.1) is 34.5 Å². The minimum atomic E-state index is -2.09. The molecule has 4 aliphatic carbocycles. The summed E-state index contributed by atoms with van der Waals surface area (Å²) in [7, 11) is 0. The second-order valence-corrected chi connectivity index (χ2v) is 11.1. The molecule has 186 valence electrons. The Kier molecular flexibility index (Phi) is 5.63. The molecule has 2 saturated carbocycles. The van der Waals surface area contributed by atoms with Crippen molar-refractivity contribution in [1.29, 1.82) is 0 Å². The van der Waals surface area contributed by atoms with Crippen molar-refractivity contribution in [2.45, 2.75) is 72.7 Å². The molecule has 4 rings (SSSR count). The quantitative estimate of drug-likeness (QED) is 0.375. The molecule has 2 fully saturated rings. The van der Waals surface area contributed by atoms with E-state index in [0.29, 0.717) is 17.6 Å². The Labute approximate surface area is 199 Å².